The summed E-state index contributed by atoms with van der Waals surface area (Å²) in [5.74, 6) is -1.64. The molecule has 0 unspecified atom stereocenters. The van der Waals surface area contributed by atoms with Crippen LogP contribution in [0.15, 0.2) is 0 Å². The molecular weight excluding hydrogens is 364 g/mol. The van der Waals surface area contributed by atoms with Gasteiger partial charge in [-0.15, -0.1) is 0 Å². The molecule has 3 nitrogen and oxygen atoms in total. The number of hydrogen-bond acceptors (Lipinski definition) is 3. The third kappa shape index (κ3) is 2.38. The van der Waals surface area contributed by atoms with E-state index in [0.29, 0.717) is 6.61 Å². The van der Waals surface area contributed by atoms with Crippen molar-refractivity contribution in [2.24, 2.45) is 17.8 Å². The molecule has 0 aromatic heterocycles. The summed E-state index contributed by atoms with van der Waals surface area (Å²) in [6, 6.07) is 0. The summed E-state index contributed by atoms with van der Waals surface area (Å²) in [5.41, 5.74) is 0. The molecule has 2 aliphatic rings. The van der Waals surface area contributed by atoms with Gasteiger partial charge in [0.15, 0.2) is 0 Å². The zero-order valence-corrected chi connectivity index (χ0v) is 12.3. The number of methoxy groups -OCH3 is 2. The second-order valence-electron chi connectivity index (χ2n) is 4.82. The third-order valence-electron chi connectivity index (χ3n) is 3.82. The molecule has 2 fully saturated rings. The summed E-state index contributed by atoms with van der Waals surface area (Å²) in [6.45, 7) is 0.699. The number of rotatable bonds is 4. The van der Waals surface area contributed by atoms with Gasteiger partial charge in [-0.2, -0.15) is 13.2 Å². The predicted octanol–water partition coefficient (Wildman–Crippen LogP) is 2.27. The molecule has 2 aliphatic heterocycles. The maximum absolute atomic E-state index is 13.0. The summed E-state index contributed by atoms with van der Waals surface area (Å²) in [5, 5.41) is 0. The SMILES string of the molecule is COC[C@@H]1[C@H](COC)[C@@H]2O[C@H]1[C@H](I)[C@H]2C(F)(F)F. The average molecular weight is 380 g/mol. The van der Waals surface area contributed by atoms with Crippen molar-refractivity contribution in [1.82, 2.24) is 0 Å². The Morgan fingerprint density at radius 1 is 1.06 bits per heavy atom. The first kappa shape index (κ1) is 14.8. The molecule has 2 bridgehead atoms. The first-order chi connectivity index (χ1) is 8.41. The lowest BCUT2D eigenvalue weighted by Gasteiger charge is -2.35. The topological polar surface area (TPSA) is 27.7 Å². The molecular formula is C11H16F3IO3. The lowest BCUT2D eigenvalue weighted by atomic mass is 9.74. The van der Waals surface area contributed by atoms with Gasteiger partial charge in [-0.1, -0.05) is 22.6 Å². The van der Waals surface area contributed by atoms with Crippen LogP contribution in [0.3, 0.4) is 0 Å². The summed E-state index contributed by atoms with van der Waals surface area (Å²) in [4.78, 5) is 0. The van der Waals surface area contributed by atoms with Crippen LogP contribution in [0.25, 0.3) is 0 Å². The molecule has 6 atom stereocenters. The highest BCUT2D eigenvalue weighted by atomic mass is 127. The second-order valence-corrected chi connectivity index (χ2v) is 6.25. The Kier molecular flexibility index (Phi) is 4.45. The second kappa shape index (κ2) is 5.41. The lowest BCUT2D eigenvalue weighted by molar-refractivity contribution is -0.191. The summed E-state index contributed by atoms with van der Waals surface area (Å²) in [6.07, 6.45) is -5.39. The first-order valence-electron chi connectivity index (χ1n) is 5.76. The van der Waals surface area contributed by atoms with Gasteiger partial charge in [0, 0.05) is 26.1 Å². The molecule has 2 rings (SSSR count). The standard InChI is InChI=1S/C11H16F3IO3/c1-16-3-5-6(4-17-2)10-8(15)7(9(5)18-10)11(12,13)14/h5-10H,3-4H2,1-2H3/t5-,6+,7+,8+,9-,10+/m0/s1. The molecule has 0 aromatic carbocycles. The van der Waals surface area contributed by atoms with Gasteiger partial charge in [0.05, 0.1) is 35.3 Å². The molecule has 0 aliphatic carbocycles. The molecule has 2 heterocycles. The lowest BCUT2D eigenvalue weighted by Crippen LogP contribution is -2.49. The largest absolute Gasteiger partial charge is 0.395 e. The van der Waals surface area contributed by atoms with Crippen molar-refractivity contribution in [3.05, 3.63) is 0 Å². The molecule has 7 heteroatoms. The molecule has 0 N–H and O–H groups in total. The highest BCUT2D eigenvalue weighted by molar-refractivity contribution is 14.1. The Morgan fingerprint density at radius 3 is 2.00 bits per heavy atom. The van der Waals surface area contributed by atoms with Gasteiger partial charge < -0.3 is 14.2 Å². The van der Waals surface area contributed by atoms with E-state index in [0.717, 1.165) is 0 Å². The van der Waals surface area contributed by atoms with Gasteiger partial charge in [0.2, 0.25) is 0 Å². The van der Waals surface area contributed by atoms with Crippen LogP contribution in [0.1, 0.15) is 0 Å². The van der Waals surface area contributed by atoms with E-state index >= 15 is 0 Å². The third-order valence-corrected chi connectivity index (χ3v) is 5.30. The molecule has 0 aromatic rings. The Bertz CT molecular complexity index is 300. The maximum Gasteiger partial charge on any atom is 0.395 e. The van der Waals surface area contributed by atoms with E-state index in [1.54, 1.807) is 7.11 Å². The summed E-state index contributed by atoms with van der Waals surface area (Å²) in [7, 11) is 3.05. The highest BCUT2D eigenvalue weighted by Gasteiger charge is 2.66. The van der Waals surface area contributed by atoms with Gasteiger partial charge in [-0.05, 0) is 0 Å². The van der Waals surface area contributed by atoms with Crippen molar-refractivity contribution < 1.29 is 27.4 Å². The van der Waals surface area contributed by atoms with Crippen LogP contribution in [0.2, 0.25) is 0 Å². The number of fused-ring (bicyclic) bond motifs is 2. The van der Waals surface area contributed by atoms with Gasteiger partial charge >= 0.3 is 6.18 Å². The van der Waals surface area contributed by atoms with E-state index in [1.807, 2.05) is 22.6 Å². The normalized spacial score (nSPS) is 43.7. The first-order valence-corrected chi connectivity index (χ1v) is 7.00. The Labute approximate surface area is 117 Å². The van der Waals surface area contributed by atoms with Crippen LogP contribution in [0.4, 0.5) is 13.2 Å². The van der Waals surface area contributed by atoms with E-state index in [1.165, 1.54) is 7.11 Å². The molecule has 2 saturated heterocycles. The fourth-order valence-corrected chi connectivity index (χ4v) is 4.63. The minimum atomic E-state index is -4.21. The number of ether oxygens (including phenoxy) is 3. The van der Waals surface area contributed by atoms with E-state index in [4.69, 9.17) is 14.2 Å². The highest BCUT2D eigenvalue weighted by Crippen LogP contribution is 2.54. The van der Waals surface area contributed by atoms with Crippen molar-refractivity contribution in [3.8, 4) is 0 Å². The van der Waals surface area contributed by atoms with Gasteiger partial charge in [-0.25, -0.2) is 0 Å². The fourth-order valence-electron chi connectivity index (χ4n) is 3.11. The number of alkyl halides is 4. The van der Waals surface area contributed by atoms with E-state index < -0.39 is 22.1 Å². The van der Waals surface area contributed by atoms with E-state index in [-0.39, 0.29) is 24.5 Å². The average Bonchev–Trinajstić information content (AvgIpc) is 2.75. The maximum atomic E-state index is 13.0. The molecule has 0 saturated carbocycles. The van der Waals surface area contributed by atoms with Crippen LogP contribution in [0, 0.1) is 17.8 Å². The Morgan fingerprint density at radius 2 is 1.56 bits per heavy atom. The van der Waals surface area contributed by atoms with Crippen LogP contribution in [-0.4, -0.2) is 49.7 Å². The number of halogens is 4. The quantitative estimate of drug-likeness (QED) is 0.554. The number of hydrogen-bond donors (Lipinski definition) is 0. The van der Waals surface area contributed by atoms with Crippen LogP contribution in [0.5, 0.6) is 0 Å². The summed E-state index contributed by atoms with van der Waals surface area (Å²) >= 11 is 1.86. The summed E-state index contributed by atoms with van der Waals surface area (Å²) < 4.78 is 54.3. The van der Waals surface area contributed by atoms with Crippen molar-refractivity contribution in [2.75, 3.05) is 27.4 Å². The van der Waals surface area contributed by atoms with Gasteiger partial charge in [-0.3, -0.25) is 0 Å². The predicted molar refractivity (Wildman–Crippen MR) is 66.7 cm³/mol. The minimum Gasteiger partial charge on any atom is -0.384 e. The monoisotopic (exact) mass is 380 g/mol. The Hall–Kier alpha value is 0.400. The van der Waals surface area contributed by atoms with E-state index in [2.05, 4.69) is 0 Å². The van der Waals surface area contributed by atoms with Gasteiger partial charge in [0.25, 0.3) is 0 Å². The van der Waals surface area contributed by atoms with Crippen LogP contribution < -0.4 is 0 Å². The van der Waals surface area contributed by atoms with E-state index in [9.17, 15) is 13.2 Å². The zero-order chi connectivity index (χ0) is 13.5. The molecule has 106 valence electrons. The van der Waals surface area contributed by atoms with Gasteiger partial charge in [0.1, 0.15) is 0 Å². The smallest absolute Gasteiger partial charge is 0.384 e. The van der Waals surface area contributed by atoms with Crippen LogP contribution in [-0.2, 0) is 14.2 Å². The van der Waals surface area contributed by atoms with Crippen molar-refractivity contribution >= 4 is 22.6 Å². The molecule has 0 spiro atoms. The zero-order valence-electron chi connectivity index (χ0n) is 10.1. The van der Waals surface area contributed by atoms with Crippen molar-refractivity contribution in [2.45, 2.75) is 22.3 Å². The fraction of sp³-hybridized carbons (Fsp3) is 1.00. The molecule has 0 radical (unpaired) electrons. The molecule has 18 heavy (non-hydrogen) atoms. The minimum absolute atomic E-state index is 0.0135. The Balaban J connectivity index is 2.20. The van der Waals surface area contributed by atoms with Crippen molar-refractivity contribution in [1.29, 1.82) is 0 Å². The molecule has 0 amide bonds. The van der Waals surface area contributed by atoms with Crippen molar-refractivity contribution in [3.63, 3.8) is 0 Å². The van der Waals surface area contributed by atoms with Crippen LogP contribution >= 0.6 is 22.6 Å².